The van der Waals surface area contributed by atoms with Gasteiger partial charge in [0.25, 0.3) is 5.91 Å². The Balaban J connectivity index is 1.66. The van der Waals surface area contributed by atoms with Gasteiger partial charge in [0.05, 0.1) is 16.6 Å². The molecule has 0 radical (unpaired) electrons. The molecule has 0 aliphatic carbocycles. The highest BCUT2D eigenvalue weighted by Gasteiger charge is 2.45. The van der Waals surface area contributed by atoms with Crippen LogP contribution < -0.4 is 4.90 Å². The average Bonchev–Trinajstić information content (AvgIpc) is 3.34. The van der Waals surface area contributed by atoms with Crippen LogP contribution in [0.2, 0.25) is 10.0 Å². The number of hydrogen-bond acceptors (Lipinski definition) is 5. The van der Waals surface area contributed by atoms with Gasteiger partial charge in [-0.1, -0.05) is 29.3 Å². The SMILES string of the molecule is O=C(C1=C(O)C(=O)N(c2ccc(F)c(Cl)c2)C1c1cccnc1)c1cc2cc(Cl)ccc2o1. The highest BCUT2D eigenvalue weighted by atomic mass is 35.5. The fourth-order valence-electron chi connectivity index (χ4n) is 3.85. The zero-order valence-electron chi connectivity index (χ0n) is 16.6. The second kappa shape index (κ2) is 8.03. The summed E-state index contributed by atoms with van der Waals surface area (Å²) >= 11 is 11.9. The number of rotatable bonds is 4. The molecule has 9 heteroatoms. The van der Waals surface area contributed by atoms with Crippen LogP contribution in [-0.4, -0.2) is 21.8 Å². The minimum atomic E-state index is -1.04. The number of ketones is 1. The second-order valence-electron chi connectivity index (χ2n) is 7.35. The molecule has 1 aliphatic rings. The van der Waals surface area contributed by atoms with E-state index >= 15 is 0 Å². The van der Waals surface area contributed by atoms with E-state index < -0.39 is 29.3 Å². The minimum Gasteiger partial charge on any atom is -0.503 e. The molecule has 0 saturated carbocycles. The summed E-state index contributed by atoms with van der Waals surface area (Å²) in [7, 11) is 0. The first-order chi connectivity index (χ1) is 15.8. The molecular weight excluding hydrogens is 470 g/mol. The van der Waals surface area contributed by atoms with E-state index in [0.717, 1.165) is 6.07 Å². The van der Waals surface area contributed by atoms with Gasteiger partial charge in [0.15, 0.2) is 11.5 Å². The lowest BCUT2D eigenvalue weighted by Crippen LogP contribution is -2.31. The van der Waals surface area contributed by atoms with Gasteiger partial charge in [-0.25, -0.2) is 4.39 Å². The van der Waals surface area contributed by atoms with E-state index in [0.29, 0.717) is 21.6 Å². The van der Waals surface area contributed by atoms with Crippen molar-refractivity contribution in [3.05, 3.63) is 106 Å². The second-order valence-corrected chi connectivity index (χ2v) is 8.19. The number of carbonyl (C=O) groups is 2. The fraction of sp³-hybridized carbons (Fsp3) is 0.0417. The molecule has 0 fully saturated rings. The lowest BCUT2D eigenvalue weighted by atomic mass is 9.96. The van der Waals surface area contributed by atoms with Crippen LogP contribution in [0.25, 0.3) is 11.0 Å². The third kappa shape index (κ3) is 3.55. The zero-order valence-corrected chi connectivity index (χ0v) is 18.1. The molecule has 1 aliphatic heterocycles. The molecule has 1 N–H and O–H groups in total. The molecule has 4 aromatic rings. The number of furan rings is 1. The number of Topliss-reactive ketones (excluding diaryl/α,β-unsaturated/α-hetero) is 1. The van der Waals surface area contributed by atoms with Gasteiger partial charge < -0.3 is 9.52 Å². The summed E-state index contributed by atoms with van der Waals surface area (Å²) in [6, 6.07) is 12.3. The Labute approximate surface area is 196 Å². The number of aromatic nitrogens is 1. The Kier molecular flexibility index (Phi) is 5.15. The van der Waals surface area contributed by atoms with Crippen molar-refractivity contribution in [2.75, 3.05) is 4.90 Å². The van der Waals surface area contributed by atoms with Crippen molar-refractivity contribution in [1.29, 1.82) is 0 Å². The van der Waals surface area contributed by atoms with Gasteiger partial charge in [-0.3, -0.25) is 19.5 Å². The van der Waals surface area contributed by atoms with Crippen LogP contribution in [0.1, 0.15) is 22.2 Å². The quantitative estimate of drug-likeness (QED) is 0.357. The fourth-order valence-corrected chi connectivity index (χ4v) is 4.21. The molecule has 1 amide bonds. The number of anilines is 1. The Morgan fingerprint density at radius 2 is 1.94 bits per heavy atom. The number of aliphatic hydroxyl groups is 1. The van der Waals surface area contributed by atoms with Crippen molar-refractivity contribution >= 4 is 51.5 Å². The van der Waals surface area contributed by atoms with E-state index in [1.807, 2.05) is 0 Å². The molecule has 6 nitrogen and oxygen atoms in total. The summed E-state index contributed by atoms with van der Waals surface area (Å²) in [6.45, 7) is 0. The number of fused-ring (bicyclic) bond motifs is 1. The van der Waals surface area contributed by atoms with Crippen molar-refractivity contribution in [2.45, 2.75) is 6.04 Å². The summed E-state index contributed by atoms with van der Waals surface area (Å²) in [5.41, 5.74) is 0.884. The Morgan fingerprint density at radius 1 is 1.12 bits per heavy atom. The summed E-state index contributed by atoms with van der Waals surface area (Å²) in [4.78, 5) is 31.9. The van der Waals surface area contributed by atoms with Crippen LogP contribution in [0.3, 0.4) is 0 Å². The van der Waals surface area contributed by atoms with E-state index in [1.54, 1.807) is 30.3 Å². The van der Waals surface area contributed by atoms with E-state index in [-0.39, 0.29) is 22.0 Å². The first kappa shape index (κ1) is 21.2. The molecule has 33 heavy (non-hydrogen) atoms. The van der Waals surface area contributed by atoms with Gasteiger partial charge in [0.1, 0.15) is 11.4 Å². The van der Waals surface area contributed by atoms with Crippen molar-refractivity contribution in [3.63, 3.8) is 0 Å². The van der Waals surface area contributed by atoms with Crippen LogP contribution in [-0.2, 0) is 4.79 Å². The average molecular weight is 483 g/mol. The lowest BCUT2D eigenvalue weighted by molar-refractivity contribution is -0.117. The largest absolute Gasteiger partial charge is 0.503 e. The summed E-state index contributed by atoms with van der Waals surface area (Å²) in [5.74, 6) is -3.01. The van der Waals surface area contributed by atoms with Crippen LogP contribution in [0, 0.1) is 5.82 Å². The van der Waals surface area contributed by atoms with Gasteiger partial charge in [0.2, 0.25) is 5.78 Å². The van der Waals surface area contributed by atoms with E-state index in [2.05, 4.69) is 4.98 Å². The van der Waals surface area contributed by atoms with E-state index in [1.165, 1.54) is 35.5 Å². The van der Waals surface area contributed by atoms with Crippen LogP contribution in [0.5, 0.6) is 0 Å². The van der Waals surface area contributed by atoms with Gasteiger partial charge in [-0.05, 0) is 54.1 Å². The lowest BCUT2D eigenvalue weighted by Gasteiger charge is -2.26. The number of halogens is 3. The molecule has 0 bridgehead atoms. The molecule has 3 heterocycles. The third-order valence-electron chi connectivity index (χ3n) is 5.34. The smallest absolute Gasteiger partial charge is 0.294 e. The zero-order chi connectivity index (χ0) is 23.3. The third-order valence-corrected chi connectivity index (χ3v) is 5.86. The number of aliphatic hydroxyl groups excluding tert-OH is 1. The van der Waals surface area contributed by atoms with Gasteiger partial charge >= 0.3 is 0 Å². The summed E-state index contributed by atoms with van der Waals surface area (Å²) < 4.78 is 19.4. The van der Waals surface area contributed by atoms with Crippen molar-refractivity contribution in [2.24, 2.45) is 0 Å². The van der Waals surface area contributed by atoms with Gasteiger partial charge in [-0.15, -0.1) is 0 Å². The normalized spacial score (nSPS) is 16.2. The number of nitrogens with zero attached hydrogens (tertiary/aromatic N) is 2. The predicted octanol–water partition coefficient (Wildman–Crippen LogP) is 6.06. The molecule has 2 aromatic heterocycles. The Morgan fingerprint density at radius 3 is 2.67 bits per heavy atom. The monoisotopic (exact) mass is 482 g/mol. The summed E-state index contributed by atoms with van der Waals surface area (Å²) in [6.07, 6.45) is 3.01. The topological polar surface area (TPSA) is 83.6 Å². The highest BCUT2D eigenvalue weighted by molar-refractivity contribution is 6.31. The van der Waals surface area contributed by atoms with Gasteiger partial charge in [-0.2, -0.15) is 0 Å². The number of hydrogen-bond donors (Lipinski definition) is 1. The van der Waals surface area contributed by atoms with Crippen LogP contribution >= 0.6 is 23.2 Å². The first-order valence-electron chi connectivity index (χ1n) is 9.70. The van der Waals surface area contributed by atoms with Crippen LogP contribution in [0.4, 0.5) is 10.1 Å². The van der Waals surface area contributed by atoms with Crippen molar-refractivity contribution < 1.29 is 23.5 Å². The Hall–Kier alpha value is -3.68. The van der Waals surface area contributed by atoms with Gasteiger partial charge in [0, 0.05) is 28.5 Å². The maximum atomic E-state index is 13.8. The first-order valence-corrected chi connectivity index (χ1v) is 10.5. The maximum absolute atomic E-state index is 13.8. The Bertz CT molecular complexity index is 1470. The molecular formula is C24H13Cl2FN2O4. The minimum absolute atomic E-state index is 0.0745. The molecule has 1 unspecified atom stereocenters. The predicted molar refractivity (Wildman–Crippen MR) is 121 cm³/mol. The van der Waals surface area contributed by atoms with E-state index in [4.69, 9.17) is 27.6 Å². The van der Waals surface area contributed by atoms with Crippen molar-refractivity contribution in [1.82, 2.24) is 4.98 Å². The number of benzene rings is 2. The molecule has 0 spiro atoms. The van der Waals surface area contributed by atoms with E-state index in [9.17, 15) is 19.1 Å². The molecule has 2 aromatic carbocycles. The summed E-state index contributed by atoms with van der Waals surface area (Å²) in [5, 5.41) is 11.6. The molecule has 1 atom stereocenters. The number of carbonyl (C=O) groups excluding carboxylic acids is 2. The number of amides is 1. The van der Waals surface area contributed by atoms with Crippen LogP contribution in [0.15, 0.2) is 82.7 Å². The standard InChI is InChI=1S/C24H13Cl2FN2O4/c25-14-3-6-18-13(8-14)9-19(33-18)22(30)20-21(12-2-1-7-28-11-12)29(24(32)23(20)31)15-4-5-17(27)16(26)10-15/h1-11,21,31H. The maximum Gasteiger partial charge on any atom is 0.294 e. The van der Waals surface area contributed by atoms with Crippen molar-refractivity contribution in [3.8, 4) is 0 Å². The molecule has 0 saturated heterocycles. The highest BCUT2D eigenvalue weighted by Crippen LogP contribution is 2.42. The number of pyridine rings is 1. The molecule has 5 rings (SSSR count). The molecule has 164 valence electrons.